The lowest BCUT2D eigenvalue weighted by atomic mass is 9.95. The average molecular weight is 467 g/mol. The first-order valence-corrected chi connectivity index (χ1v) is 12.7. The maximum atomic E-state index is 12.3. The Morgan fingerprint density at radius 1 is 0.882 bits per heavy atom. The summed E-state index contributed by atoms with van der Waals surface area (Å²) in [7, 11) is 0. The van der Waals surface area contributed by atoms with Gasteiger partial charge in [-0.3, -0.25) is 9.59 Å². The zero-order valence-electron chi connectivity index (χ0n) is 21.3. The predicted octanol–water partition coefficient (Wildman–Crippen LogP) is 5.50. The van der Waals surface area contributed by atoms with Crippen LogP contribution in [0.1, 0.15) is 70.4 Å². The van der Waals surface area contributed by atoms with Gasteiger partial charge in [0.15, 0.2) is 0 Å². The predicted molar refractivity (Wildman–Crippen MR) is 139 cm³/mol. The molecule has 0 radical (unpaired) electrons. The highest BCUT2D eigenvalue weighted by Crippen LogP contribution is 2.23. The van der Waals surface area contributed by atoms with Crippen molar-refractivity contribution >= 4 is 11.8 Å². The van der Waals surface area contributed by atoms with Crippen molar-refractivity contribution in [1.29, 1.82) is 0 Å². The number of rotatable bonds is 15. The second kappa shape index (κ2) is 15.2. The molecule has 0 saturated heterocycles. The number of carbonyl (C=O) groups is 2. The average Bonchev–Trinajstić information content (AvgIpc) is 2.81. The van der Waals surface area contributed by atoms with Crippen LogP contribution in [0.25, 0.3) is 0 Å². The molecule has 0 aliphatic rings. The van der Waals surface area contributed by atoms with Gasteiger partial charge in [-0.1, -0.05) is 76.6 Å². The summed E-state index contributed by atoms with van der Waals surface area (Å²) in [6.45, 7) is 10.3. The first kappa shape index (κ1) is 27.4. The SMILES string of the molecule is CCCC(C)COc1ccc([C@@H](CCNC(=O)Cc2ccccc2)CNC(=O)CC(C)C)cc1. The molecule has 0 aliphatic carbocycles. The molecule has 0 aromatic heterocycles. The number of amides is 2. The van der Waals surface area contributed by atoms with Gasteiger partial charge in [-0.2, -0.15) is 0 Å². The van der Waals surface area contributed by atoms with Crippen molar-refractivity contribution < 1.29 is 14.3 Å². The van der Waals surface area contributed by atoms with E-state index in [1.807, 2.05) is 56.3 Å². The lowest BCUT2D eigenvalue weighted by Gasteiger charge is -2.20. The third-order valence-electron chi connectivity index (χ3n) is 5.83. The summed E-state index contributed by atoms with van der Waals surface area (Å²) < 4.78 is 5.94. The van der Waals surface area contributed by atoms with Crippen molar-refractivity contribution in [2.75, 3.05) is 19.7 Å². The minimum absolute atomic E-state index is 0.0127. The Morgan fingerprint density at radius 2 is 1.59 bits per heavy atom. The van der Waals surface area contributed by atoms with Crippen molar-refractivity contribution in [3.05, 3.63) is 65.7 Å². The standard InChI is InChI=1S/C29H42N2O3/c1-5-9-23(4)21-34-27-14-12-25(13-15-27)26(20-31-28(32)18-22(2)3)16-17-30-29(33)19-24-10-7-6-8-11-24/h6-8,10-15,22-23,26H,5,9,16-21H2,1-4H3,(H,30,33)(H,31,32)/t23?,26-/m0/s1. The number of hydrogen-bond donors (Lipinski definition) is 2. The van der Waals surface area contributed by atoms with E-state index < -0.39 is 0 Å². The highest BCUT2D eigenvalue weighted by molar-refractivity contribution is 5.78. The van der Waals surface area contributed by atoms with Gasteiger partial charge in [-0.25, -0.2) is 0 Å². The van der Waals surface area contributed by atoms with E-state index in [2.05, 4.69) is 36.6 Å². The second-order valence-electron chi connectivity index (χ2n) is 9.67. The van der Waals surface area contributed by atoms with Crippen LogP contribution in [-0.4, -0.2) is 31.5 Å². The molecule has 2 amide bonds. The van der Waals surface area contributed by atoms with Crippen molar-refractivity contribution in [2.24, 2.45) is 11.8 Å². The smallest absolute Gasteiger partial charge is 0.224 e. The molecular formula is C29H42N2O3. The normalized spacial score (nSPS) is 12.7. The quantitative estimate of drug-likeness (QED) is 0.364. The van der Waals surface area contributed by atoms with Gasteiger partial charge in [-0.15, -0.1) is 0 Å². The zero-order valence-corrected chi connectivity index (χ0v) is 21.3. The third kappa shape index (κ3) is 10.9. The fourth-order valence-electron chi connectivity index (χ4n) is 3.95. The summed E-state index contributed by atoms with van der Waals surface area (Å²) in [6.07, 6.45) is 3.96. The Kier molecular flexibility index (Phi) is 12.2. The molecule has 2 atom stereocenters. The molecule has 2 rings (SSSR count). The molecule has 5 heteroatoms. The first-order valence-electron chi connectivity index (χ1n) is 12.7. The van der Waals surface area contributed by atoms with Crippen LogP contribution in [-0.2, 0) is 16.0 Å². The van der Waals surface area contributed by atoms with Crippen LogP contribution in [0.5, 0.6) is 5.75 Å². The van der Waals surface area contributed by atoms with Crippen molar-refractivity contribution in [2.45, 2.75) is 65.7 Å². The van der Waals surface area contributed by atoms with Crippen LogP contribution < -0.4 is 15.4 Å². The molecule has 2 aromatic rings. The van der Waals surface area contributed by atoms with Crippen LogP contribution >= 0.6 is 0 Å². The van der Waals surface area contributed by atoms with Crippen LogP contribution in [0.2, 0.25) is 0 Å². The zero-order chi connectivity index (χ0) is 24.8. The fourth-order valence-corrected chi connectivity index (χ4v) is 3.95. The second-order valence-corrected chi connectivity index (χ2v) is 9.67. The number of nitrogens with one attached hydrogen (secondary N) is 2. The molecular weight excluding hydrogens is 424 g/mol. The molecule has 5 nitrogen and oxygen atoms in total. The van der Waals surface area contributed by atoms with E-state index in [9.17, 15) is 9.59 Å². The number of benzene rings is 2. The van der Waals surface area contributed by atoms with Gasteiger partial charge in [0.25, 0.3) is 0 Å². The summed E-state index contributed by atoms with van der Waals surface area (Å²) in [4.78, 5) is 24.6. The van der Waals surface area contributed by atoms with Gasteiger partial charge in [0.1, 0.15) is 5.75 Å². The first-order chi connectivity index (χ1) is 16.4. The van der Waals surface area contributed by atoms with Gasteiger partial charge in [0, 0.05) is 25.4 Å². The van der Waals surface area contributed by atoms with Crippen molar-refractivity contribution in [3.63, 3.8) is 0 Å². The molecule has 186 valence electrons. The minimum atomic E-state index is 0.0127. The van der Waals surface area contributed by atoms with E-state index in [0.29, 0.717) is 37.8 Å². The summed E-state index contributed by atoms with van der Waals surface area (Å²) in [5.41, 5.74) is 2.14. The van der Waals surface area contributed by atoms with Crippen molar-refractivity contribution in [1.82, 2.24) is 10.6 Å². The summed E-state index contributed by atoms with van der Waals surface area (Å²) >= 11 is 0. The molecule has 0 aliphatic heterocycles. The van der Waals surface area contributed by atoms with E-state index in [1.165, 1.54) is 0 Å². The lowest BCUT2D eigenvalue weighted by Crippen LogP contribution is -2.32. The maximum Gasteiger partial charge on any atom is 0.224 e. The minimum Gasteiger partial charge on any atom is -0.493 e. The van der Waals surface area contributed by atoms with Gasteiger partial charge in [0.05, 0.1) is 13.0 Å². The number of hydrogen-bond acceptors (Lipinski definition) is 3. The van der Waals surface area contributed by atoms with Gasteiger partial charge < -0.3 is 15.4 Å². The van der Waals surface area contributed by atoms with Crippen LogP contribution in [0.3, 0.4) is 0 Å². The van der Waals surface area contributed by atoms with Gasteiger partial charge >= 0.3 is 0 Å². The Labute approximate surface area is 205 Å². The molecule has 1 unspecified atom stereocenters. The van der Waals surface area contributed by atoms with Gasteiger partial charge in [-0.05, 0) is 47.9 Å². The lowest BCUT2D eigenvalue weighted by molar-refractivity contribution is -0.122. The number of ether oxygens (including phenoxy) is 1. The molecule has 2 aromatic carbocycles. The van der Waals surface area contributed by atoms with Crippen LogP contribution in [0.4, 0.5) is 0 Å². The van der Waals surface area contributed by atoms with E-state index in [-0.39, 0.29) is 17.7 Å². The monoisotopic (exact) mass is 466 g/mol. The largest absolute Gasteiger partial charge is 0.493 e. The summed E-state index contributed by atoms with van der Waals surface area (Å²) in [6, 6.07) is 17.9. The Balaban J connectivity index is 1.93. The van der Waals surface area contributed by atoms with Crippen LogP contribution in [0.15, 0.2) is 54.6 Å². The van der Waals surface area contributed by atoms with Crippen LogP contribution in [0, 0.1) is 11.8 Å². The topological polar surface area (TPSA) is 67.4 Å². The molecule has 0 fully saturated rings. The van der Waals surface area contributed by atoms with Crippen molar-refractivity contribution in [3.8, 4) is 5.75 Å². The molecule has 0 heterocycles. The third-order valence-corrected chi connectivity index (χ3v) is 5.83. The van der Waals surface area contributed by atoms with E-state index >= 15 is 0 Å². The fraction of sp³-hybridized carbons (Fsp3) is 0.517. The highest BCUT2D eigenvalue weighted by atomic mass is 16.5. The molecule has 2 N–H and O–H groups in total. The van der Waals surface area contributed by atoms with E-state index in [1.54, 1.807) is 0 Å². The Morgan fingerprint density at radius 3 is 2.24 bits per heavy atom. The summed E-state index contributed by atoms with van der Waals surface area (Å²) in [5, 5.41) is 6.11. The molecule has 0 saturated carbocycles. The Bertz CT molecular complexity index is 849. The highest BCUT2D eigenvalue weighted by Gasteiger charge is 2.15. The summed E-state index contributed by atoms with van der Waals surface area (Å²) in [5.74, 6) is 1.92. The molecule has 0 bridgehead atoms. The Hall–Kier alpha value is -2.82. The molecule has 0 spiro atoms. The number of carbonyl (C=O) groups excluding carboxylic acids is 2. The van der Waals surface area contributed by atoms with E-state index in [4.69, 9.17) is 4.74 Å². The van der Waals surface area contributed by atoms with E-state index in [0.717, 1.165) is 42.7 Å². The van der Waals surface area contributed by atoms with Gasteiger partial charge in [0.2, 0.25) is 11.8 Å². The molecule has 34 heavy (non-hydrogen) atoms. The maximum absolute atomic E-state index is 12.3.